The molecule has 0 unspecified atom stereocenters. The summed E-state index contributed by atoms with van der Waals surface area (Å²) in [6.45, 7) is 3.89. The fourth-order valence-corrected chi connectivity index (χ4v) is 1.83. The van der Waals surface area contributed by atoms with Gasteiger partial charge in [-0.2, -0.15) is 0 Å². The highest BCUT2D eigenvalue weighted by Crippen LogP contribution is 2.18. The second kappa shape index (κ2) is 8.79. The highest BCUT2D eigenvalue weighted by molar-refractivity contribution is 5.92. The van der Waals surface area contributed by atoms with Crippen LogP contribution in [0.5, 0.6) is 5.75 Å². The van der Waals surface area contributed by atoms with Gasteiger partial charge in [0.25, 0.3) is 0 Å². The van der Waals surface area contributed by atoms with Crippen molar-refractivity contribution in [2.45, 2.75) is 26.3 Å². The molecule has 1 N–H and O–H groups in total. The van der Waals surface area contributed by atoms with Crippen LogP contribution in [0.1, 0.15) is 20.3 Å². The number of benzene rings is 1. The molecule has 0 aromatic heterocycles. The van der Waals surface area contributed by atoms with Crippen molar-refractivity contribution < 1.29 is 19.1 Å². The van der Waals surface area contributed by atoms with Crippen LogP contribution in [-0.2, 0) is 14.3 Å². The van der Waals surface area contributed by atoms with E-state index < -0.39 is 12.0 Å². The molecule has 0 bridgehead atoms. The predicted molar refractivity (Wildman–Crippen MR) is 81.5 cm³/mol. The first kappa shape index (κ1) is 16.8. The highest BCUT2D eigenvalue weighted by Gasteiger charge is 2.23. The van der Waals surface area contributed by atoms with Crippen molar-refractivity contribution >= 4 is 17.9 Å². The molecule has 0 saturated carbocycles. The minimum absolute atomic E-state index is 0.262. The number of ether oxygens (including phenoxy) is 2. The lowest BCUT2D eigenvalue weighted by molar-refractivity contribution is -0.143. The minimum Gasteiger partial charge on any atom is -0.497 e. The van der Waals surface area contributed by atoms with Gasteiger partial charge < -0.3 is 14.8 Å². The first-order chi connectivity index (χ1) is 10.2. The van der Waals surface area contributed by atoms with E-state index in [4.69, 9.17) is 9.47 Å². The Morgan fingerprint density at radius 1 is 1.29 bits per heavy atom. The zero-order chi connectivity index (χ0) is 15.7. The van der Waals surface area contributed by atoms with E-state index in [1.54, 1.807) is 44.4 Å². The summed E-state index contributed by atoms with van der Waals surface area (Å²) in [4.78, 5) is 23.2. The van der Waals surface area contributed by atoms with Crippen LogP contribution in [0.25, 0.3) is 0 Å². The van der Waals surface area contributed by atoms with Gasteiger partial charge in [-0.05, 0) is 37.6 Å². The molecule has 0 spiro atoms. The summed E-state index contributed by atoms with van der Waals surface area (Å²) in [5, 5.41) is 3.02. The van der Waals surface area contributed by atoms with Gasteiger partial charge in [0.1, 0.15) is 12.0 Å². The molecule has 0 amide bonds. The lowest BCUT2D eigenvalue weighted by Crippen LogP contribution is -2.34. The topological polar surface area (TPSA) is 64.6 Å². The summed E-state index contributed by atoms with van der Waals surface area (Å²) in [7, 11) is 1.58. The first-order valence-corrected chi connectivity index (χ1v) is 6.88. The zero-order valence-corrected chi connectivity index (χ0v) is 12.6. The summed E-state index contributed by atoms with van der Waals surface area (Å²) in [6, 6.07) is 6.29. The Hall–Kier alpha value is -2.30. The molecular formula is C16H21NO4. The Bertz CT molecular complexity index is 494. The molecule has 0 aliphatic heterocycles. The summed E-state index contributed by atoms with van der Waals surface area (Å²) in [5.74, 6) is 0.244. The van der Waals surface area contributed by atoms with Crippen LogP contribution < -0.4 is 10.1 Å². The third kappa shape index (κ3) is 4.95. The molecule has 5 heteroatoms. The largest absolute Gasteiger partial charge is 0.497 e. The second-order valence-electron chi connectivity index (χ2n) is 4.29. The fourth-order valence-electron chi connectivity index (χ4n) is 1.83. The molecule has 21 heavy (non-hydrogen) atoms. The molecule has 1 atom stereocenters. The third-order valence-corrected chi connectivity index (χ3v) is 2.83. The quantitative estimate of drug-likeness (QED) is 0.453. The average molecular weight is 291 g/mol. The van der Waals surface area contributed by atoms with E-state index in [0.717, 1.165) is 0 Å². The molecule has 1 rings (SSSR count). The lowest BCUT2D eigenvalue weighted by Gasteiger charge is -2.18. The van der Waals surface area contributed by atoms with Crippen molar-refractivity contribution in [1.29, 1.82) is 0 Å². The van der Waals surface area contributed by atoms with Crippen LogP contribution >= 0.6 is 0 Å². The monoisotopic (exact) mass is 291 g/mol. The SMILES string of the molecule is CC/C=C(/C=O)[C@H](Nc1ccc(OC)cc1)C(=O)OCC. The Morgan fingerprint density at radius 2 is 1.95 bits per heavy atom. The van der Waals surface area contributed by atoms with Crippen molar-refractivity contribution in [3.05, 3.63) is 35.9 Å². The fraction of sp³-hybridized carbons (Fsp3) is 0.375. The van der Waals surface area contributed by atoms with E-state index in [9.17, 15) is 9.59 Å². The summed E-state index contributed by atoms with van der Waals surface area (Å²) < 4.78 is 10.1. The molecule has 0 aliphatic rings. The van der Waals surface area contributed by atoms with E-state index in [1.807, 2.05) is 6.92 Å². The number of methoxy groups -OCH3 is 1. The number of aldehydes is 1. The van der Waals surface area contributed by atoms with Crippen LogP contribution in [0.3, 0.4) is 0 Å². The van der Waals surface area contributed by atoms with E-state index in [0.29, 0.717) is 29.7 Å². The first-order valence-electron chi connectivity index (χ1n) is 6.88. The van der Waals surface area contributed by atoms with Crippen molar-refractivity contribution in [3.8, 4) is 5.75 Å². The van der Waals surface area contributed by atoms with Gasteiger partial charge in [-0.15, -0.1) is 0 Å². The van der Waals surface area contributed by atoms with Crippen LogP contribution in [-0.4, -0.2) is 32.0 Å². The van der Waals surface area contributed by atoms with E-state index in [2.05, 4.69) is 5.32 Å². The van der Waals surface area contributed by atoms with Gasteiger partial charge >= 0.3 is 5.97 Å². The number of rotatable bonds is 8. The van der Waals surface area contributed by atoms with Crippen LogP contribution in [0.15, 0.2) is 35.9 Å². The van der Waals surface area contributed by atoms with E-state index >= 15 is 0 Å². The number of nitrogens with one attached hydrogen (secondary N) is 1. The number of hydrogen-bond acceptors (Lipinski definition) is 5. The number of carbonyl (C=O) groups is 2. The van der Waals surface area contributed by atoms with Crippen molar-refractivity contribution in [2.24, 2.45) is 0 Å². The van der Waals surface area contributed by atoms with Crippen LogP contribution in [0.4, 0.5) is 5.69 Å². The second-order valence-corrected chi connectivity index (χ2v) is 4.29. The minimum atomic E-state index is -0.809. The van der Waals surface area contributed by atoms with E-state index in [-0.39, 0.29) is 6.61 Å². The molecule has 0 radical (unpaired) electrons. The Labute approximate surface area is 124 Å². The lowest BCUT2D eigenvalue weighted by atomic mass is 10.1. The van der Waals surface area contributed by atoms with Gasteiger partial charge in [0.2, 0.25) is 0 Å². The Morgan fingerprint density at radius 3 is 2.43 bits per heavy atom. The van der Waals surface area contributed by atoms with Gasteiger partial charge in [0, 0.05) is 11.3 Å². The molecule has 0 fully saturated rings. The predicted octanol–water partition coefficient (Wildman–Crippen LogP) is 2.57. The van der Waals surface area contributed by atoms with Crippen molar-refractivity contribution in [3.63, 3.8) is 0 Å². The Balaban J connectivity index is 2.97. The molecular weight excluding hydrogens is 270 g/mol. The summed E-state index contributed by atoms with van der Waals surface area (Å²) in [5.41, 5.74) is 1.07. The van der Waals surface area contributed by atoms with Crippen molar-refractivity contribution in [1.82, 2.24) is 0 Å². The maximum atomic E-state index is 12.0. The number of carbonyl (C=O) groups excluding carboxylic acids is 2. The molecule has 0 saturated heterocycles. The number of hydrogen-bond donors (Lipinski definition) is 1. The molecule has 1 aromatic rings. The molecule has 0 aliphatic carbocycles. The third-order valence-electron chi connectivity index (χ3n) is 2.83. The molecule has 114 valence electrons. The van der Waals surface area contributed by atoms with Gasteiger partial charge in [-0.25, -0.2) is 4.79 Å². The highest BCUT2D eigenvalue weighted by atomic mass is 16.5. The summed E-state index contributed by atoms with van der Waals surface area (Å²) in [6.07, 6.45) is 3.06. The summed E-state index contributed by atoms with van der Waals surface area (Å²) >= 11 is 0. The van der Waals surface area contributed by atoms with Gasteiger partial charge in [-0.1, -0.05) is 13.0 Å². The standard InChI is InChI=1S/C16H21NO4/c1-4-6-12(11-18)15(16(19)21-5-2)17-13-7-9-14(20-3)10-8-13/h6-11,15,17H,4-5H2,1-3H3/b12-6-/t15-/m0/s1. The molecule has 5 nitrogen and oxygen atoms in total. The zero-order valence-electron chi connectivity index (χ0n) is 12.6. The van der Waals surface area contributed by atoms with Gasteiger partial charge in [-0.3, -0.25) is 4.79 Å². The Kier molecular flexibility index (Phi) is 7.01. The van der Waals surface area contributed by atoms with Crippen LogP contribution in [0.2, 0.25) is 0 Å². The smallest absolute Gasteiger partial charge is 0.333 e. The van der Waals surface area contributed by atoms with Gasteiger partial charge in [0.15, 0.2) is 6.04 Å². The molecule has 1 aromatic carbocycles. The number of esters is 1. The normalized spacial score (nSPS) is 12.4. The maximum Gasteiger partial charge on any atom is 0.333 e. The van der Waals surface area contributed by atoms with Crippen LogP contribution in [0, 0.1) is 0 Å². The van der Waals surface area contributed by atoms with E-state index in [1.165, 1.54) is 0 Å². The maximum absolute atomic E-state index is 12.0. The number of anilines is 1. The van der Waals surface area contributed by atoms with Gasteiger partial charge in [0.05, 0.1) is 13.7 Å². The number of allylic oxidation sites excluding steroid dienone is 1. The molecule has 0 heterocycles. The van der Waals surface area contributed by atoms with Crippen molar-refractivity contribution in [2.75, 3.05) is 19.0 Å². The average Bonchev–Trinajstić information content (AvgIpc) is 2.51.